The van der Waals surface area contributed by atoms with E-state index in [2.05, 4.69) is 17.3 Å². The summed E-state index contributed by atoms with van der Waals surface area (Å²) in [5.41, 5.74) is 0. The van der Waals surface area contributed by atoms with Crippen LogP contribution < -0.4 is 5.32 Å². The van der Waals surface area contributed by atoms with E-state index >= 15 is 0 Å². The smallest absolute Gasteiger partial charge is 0.0693 e. The van der Waals surface area contributed by atoms with Gasteiger partial charge in [-0.15, -0.1) is 0 Å². The van der Waals surface area contributed by atoms with Gasteiger partial charge in [-0.3, -0.25) is 0 Å². The van der Waals surface area contributed by atoms with E-state index in [0.29, 0.717) is 12.1 Å². The zero-order chi connectivity index (χ0) is 10.7. The molecule has 0 spiro atoms. The van der Waals surface area contributed by atoms with Crippen molar-refractivity contribution in [3.8, 4) is 0 Å². The van der Waals surface area contributed by atoms with Crippen LogP contribution in [0.15, 0.2) is 0 Å². The molecule has 1 aliphatic heterocycles. The van der Waals surface area contributed by atoms with Gasteiger partial charge >= 0.3 is 0 Å². The Hall–Kier alpha value is -0.120. The number of nitrogens with zero attached hydrogens (tertiary/aromatic N) is 1. The van der Waals surface area contributed by atoms with Crippen molar-refractivity contribution >= 4 is 0 Å². The van der Waals surface area contributed by atoms with Crippen molar-refractivity contribution in [1.82, 2.24) is 10.2 Å². The monoisotopic (exact) mass is 212 g/mol. The second-order valence-corrected chi connectivity index (χ2v) is 5.14. The predicted octanol–water partition coefficient (Wildman–Crippen LogP) is 0.974. The Morgan fingerprint density at radius 2 is 2.07 bits per heavy atom. The Labute approximate surface area is 92.8 Å². The van der Waals surface area contributed by atoms with Crippen LogP contribution in [0.3, 0.4) is 0 Å². The fraction of sp³-hybridized carbons (Fsp3) is 1.00. The van der Waals surface area contributed by atoms with Crippen LogP contribution >= 0.6 is 0 Å². The molecule has 88 valence electrons. The lowest BCUT2D eigenvalue weighted by atomic mass is 10.0. The molecule has 2 aliphatic rings. The average molecular weight is 212 g/mol. The van der Waals surface area contributed by atoms with Gasteiger partial charge in [0.05, 0.1) is 6.10 Å². The van der Waals surface area contributed by atoms with Gasteiger partial charge in [-0.2, -0.15) is 0 Å². The largest absolute Gasteiger partial charge is 0.392 e. The topological polar surface area (TPSA) is 35.5 Å². The number of aliphatic hydroxyl groups is 1. The molecule has 2 fully saturated rings. The normalized spacial score (nSPS) is 38.4. The second-order valence-electron chi connectivity index (χ2n) is 5.14. The third-order valence-corrected chi connectivity index (χ3v) is 4.02. The van der Waals surface area contributed by atoms with E-state index in [1.807, 2.05) is 0 Å². The number of rotatable bonds is 3. The first-order valence-electron chi connectivity index (χ1n) is 6.39. The van der Waals surface area contributed by atoms with Crippen molar-refractivity contribution in [1.29, 1.82) is 0 Å². The molecular weight excluding hydrogens is 188 g/mol. The molecule has 3 atom stereocenters. The van der Waals surface area contributed by atoms with Gasteiger partial charge in [0, 0.05) is 18.6 Å². The maximum Gasteiger partial charge on any atom is 0.0693 e. The highest BCUT2D eigenvalue weighted by molar-refractivity contribution is 4.85. The highest BCUT2D eigenvalue weighted by Crippen LogP contribution is 2.20. The van der Waals surface area contributed by atoms with Crippen LogP contribution in [-0.2, 0) is 0 Å². The molecule has 1 aliphatic carbocycles. The van der Waals surface area contributed by atoms with Crippen molar-refractivity contribution in [2.75, 3.05) is 20.1 Å². The van der Waals surface area contributed by atoms with Gasteiger partial charge in [0.1, 0.15) is 0 Å². The zero-order valence-electron chi connectivity index (χ0n) is 9.78. The molecular formula is C12H24N2O. The fourth-order valence-electron chi connectivity index (χ4n) is 2.87. The molecule has 0 aromatic carbocycles. The van der Waals surface area contributed by atoms with Crippen LogP contribution in [0.25, 0.3) is 0 Å². The van der Waals surface area contributed by atoms with E-state index in [1.165, 1.54) is 32.2 Å². The van der Waals surface area contributed by atoms with Crippen molar-refractivity contribution in [3.63, 3.8) is 0 Å². The summed E-state index contributed by atoms with van der Waals surface area (Å²) >= 11 is 0. The first-order chi connectivity index (χ1) is 7.27. The fourth-order valence-corrected chi connectivity index (χ4v) is 2.87. The molecule has 1 heterocycles. The third kappa shape index (κ3) is 2.92. The first kappa shape index (κ1) is 11.4. The van der Waals surface area contributed by atoms with Crippen molar-refractivity contribution in [2.45, 2.75) is 56.7 Å². The van der Waals surface area contributed by atoms with Gasteiger partial charge in [0.15, 0.2) is 0 Å². The van der Waals surface area contributed by atoms with Crippen LogP contribution in [0, 0.1) is 0 Å². The van der Waals surface area contributed by atoms with Gasteiger partial charge in [-0.1, -0.05) is 6.42 Å². The maximum absolute atomic E-state index is 9.71. The lowest BCUT2D eigenvalue weighted by Gasteiger charge is -2.33. The zero-order valence-corrected chi connectivity index (χ0v) is 9.78. The van der Waals surface area contributed by atoms with E-state index in [9.17, 15) is 5.11 Å². The first-order valence-corrected chi connectivity index (χ1v) is 6.39. The Balaban J connectivity index is 1.72. The molecule has 15 heavy (non-hydrogen) atoms. The Kier molecular flexibility index (Phi) is 4.00. The summed E-state index contributed by atoms with van der Waals surface area (Å²) in [5, 5.41) is 13.2. The van der Waals surface area contributed by atoms with Gasteiger partial charge < -0.3 is 15.3 Å². The molecule has 1 saturated carbocycles. The molecule has 2 N–H and O–H groups in total. The summed E-state index contributed by atoms with van der Waals surface area (Å²) in [6, 6.07) is 1.05. The second kappa shape index (κ2) is 5.28. The maximum atomic E-state index is 9.71. The Bertz CT molecular complexity index is 198. The molecule has 0 aromatic rings. The number of piperidine rings is 1. The summed E-state index contributed by atoms with van der Waals surface area (Å²) in [6.07, 6.45) is 7.24. The Morgan fingerprint density at radius 3 is 2.73 bits per heavy atom. The standard InChI is InChI=1S/C12H24N2O/c1-14-8-3-2-5-10(14)9-13-11-6-4-7-12(11)15/h10-13,15H,2-9H2,1H3/t10?,11-,12-/m1/s1. The van der Waals surface area contributed by atoms with E-state index < -0.39 is 0 Å². The predicted molar refractivity (Wildman–Crippen MR) is 61.9 cm³/mol. The van der Waals surface area contributed by atoms with Gasteiger partial charge in [-0.05, 0) is 45.7 Å². The minimum atomic E-state index is -0.0982. The van der Waals surface area contributed by atoms with E-state index in [4.69, 9.17) is 0 Å². The van der Waals surface area contributed by atoms with Crippen LogP contribution in [0.1, 0.15) is 38.5 Å². The minimum absolute atomic E-state index is 0.0982. The molecule has 0 bridgehead atoms. The number of likely N-dealkylation sites (N-methyl/N-ethyl adjacent to an activating group) is 1. The number of aliphatic hydroxyl groups excluding tert-OH is 1. The summed E-state index contributed by atoms with van der Waals surface area (Å²) in [5.74, 6) is 0. The van der Waals surface area contributed by atoms with E-state index in [1.54, 1.807) is 0 Å². The summed E-state index contributed by atoms with van der Waals surface area (Å²) in [6.45, 7) is 2.29. The molecule has 1 unspecified atom stereocenters. The van der Waals surface area contributed by atoms with Crippen LogP contribution in [0.5, 0.6) is 0 Å². The summed E-state index contributed by atoms with van der Waals surface area (Å²) in [4.78, 5) is 2.46. The number of likely N-dealkylation sites (tertiary alicyclic amines) is 1. The van der Waals surface area contributed by atoms with Crippen LogP contribution in [0.4, 0.5) is 0 Å². The van der Waals surface area contributed by atoms with Crippen LogP contribution in [-0.4, -0.2) is 48.3 Å². The summed E-state index contributed by atoms with van der Waals surface area (Å²) in [7, 11) is 2.22. The van der Waals surface area contributed by atoms with Crippen molar-refractivity contribution in [3.05, 3.63) is 0 Å². The third-order valence-electron chi connectivity index (χ3n) is 4.02. The molecule has 0 amide bonds. The highest BCUT2D eigenvalue weighted by atomic mass is 16.3. The number of hydrogen-bond acceptors (Lipinski definition) is 3. The molecule has 0 aromatic heterocycles. The quantitative estimate of drug-likeness (QED) is 0.732. The van der Waals surface area contributed by atoms with E-state index in [-0.39, 0.29) is 6.10 Å². The van der Waals surface area contributed by atoms with Gasteiger partial charge in [-0.25, -0.2) is 0 Å². The molecule has 1 saturated heterocycles. The highest BCUT2D eigenvalue weighted by Gasteiger charge is 2.26. The van der Waals surface area contributed by atoms with Crippen molar-refractivity contribution < 1.29 is 5.11 Å². The number of nitrogens with one attached hydrogen (secondary N) is 1. The van der Waals surface area contributed by atoms with Crippen molar-refractivity contribution in [2.24, 2.45) is 0 Å². The molecule has 0 radical (unpaired) electrons. The molecule has 2 rings (SSSR count). The molecule has 3 nitrogen and oxygen atoms in total. The lowest BCUT2D eigenvalue weighted by Crippen LogP contribution is -2.47. The molecule has 3 heteroatoms. The summed E-state index contributed by atoms with van der Waals surface area (Å²) < 4.78 is 0. The minimum Gasteiger partial charge on any atom is -0.392 e. The Morgan fingerprint density at radius 1 is 1.20 bits per heavy atom. The lowest BCUT2D eigenvalue weighted by molar-refractivity contribution is 0.132. The van der Waals surface area contributed by atoms with Gasteiger partial charge in [0.25, 0.3) is 0 Å². The van der Waals surface area contributed by atoms with E-state index in [0.717, 1.165) is 19.4 Å². The average Bonchev–Trinajstić information content (AvgIpc) is 2.63. The SMILES string of the molecule is CN1CCCCC1CN[C@@H]1CCC[C@H]1O. The van der Waals surface area contributed by atoms with Crippen LogP contribution in [0.2, 0.25) is 0 Å². The number of hydrogen-bond donors (Lipinski definition) is 2. The van der Waals surface area contributed by atoms with Gasteiger partial charge in [0.2, 0.25) is 0 Å².